The Hall–Kier alpha value is -1.91. The van der Waals surface area contributed by atoms with Gasteiger partial charge in [-0.3, -0.25) is 0 Å². The third kappa shape index (κ3) is 4.55. The third-order valence-electron chi connectivity index (χ3n) is 2.60. The Bertz CT molecular complexity index is 626. The molecule has 0 heterocycles. The topological polar surface area (TPSA) is 55.8 Å². The first-order valence-corrected chi connectivity index (χ1v) is 6.86. The summed E-state index contributed by atoms with van der Waals surface area (Å²) in [6.45, 7) is 0.618. The molecular weight excluding hydrogens is 315 g/mol. The summed E-state index contributed by atoms with van der Waals surface area (Å²) in [5.41, 5.74) is 0.116. The number of halogens is 2. The molecule has 0 bridgehead atoms. The first-order chi connectivity index (χ1) is 10.1. The standard InChI is InChI=1S/C15H12Cl2O4/c16-11-2-4-12(5-3-11)20-7-8-21-14-6-1-10(15(18)19)9-13(14)17/h1-6,9H,7-8H2,(H,18,19). The third-order valence-corrected chi connectivity index (χ3v) is 3.15. The van der Waals surface area contributed by atoms with Crippen LogP contribution in [0, 0.1) is 0 Å². The summed E-state index contributed by atoms with van der Waals surface area (Å²) in [4.78, 5) is 10.8. The van der Waals surface area contributed by atoms with Crippen molar-refractivity contribution in [1.82, 2.24) is 0 Å². The summed E-state index contributed by atoms with van der Waals surface area (Å²) in [7, 11) is 0. The first kappa shape index (κ1) is 15.5. The zero-order valence-corrected chi connectivity index (χ0v) is 12.4. The Kier molecular flexibility index (Phi) is 5.31. The van der Waals surface area contributed by atoms with Crippen LogP contribution in [-0.4, -0.2) is 24.3 Å². The zero-order valence-electron chi connectivity index (χ0n) is 10.9. The number of carboxylic acid groups (broad SMARTS) is 1. The molecule has 0 aromatic heterocycles. The molecule has 21 heavy (non-hydrogen) atoms. The number of carboxylic acids is 1. The smallest absolute Gasteiger partial charge is 0.335 e. The Morgan fingerprint density at radius 1 is 1.00 bits per heavy atom. The van der Waals surface area contributed by atoms with Crippen molar-refractivity contribution in [1.29, 1.82) is 0 Å². The van der Waals surface area contributed by atoms with Gasteiger partial charge in [0, 0.05) is 5.02 Å². The van der Waals surface area contributed by atoms with E-state index in [9.17, 15) is 4.79 Å². The maximum Gasteiger partial charge on any atom is 0.335 e. The zero-order chi connectivity index (χ0) is 15.2. The van der Waals surface area contributed by atoms with Gasteiger partial charge in [-0.15, -0.1) is 0 Å². The summed E-state index contributed by atoms with van der Waals surface area (Å²) >= 11 is 11.7. The second kappa shape index (κ2) is 7.20. The van der Waals surface area contributed by atoms with Crippen molar-refractivity contribution >= 4 is 29.2 Å². The fraction of sp³-hybridized carbons (Fsp3) is 0.133. The SMILES string of the molecule is O=C(O)c1ccc(OCCOc2ccc(Cl)cc2)c(Cl)c1. The molecule has 0 atom stereocenters. The maximum atomic E-state index is 10.8. The lowest BCUT2D eigenvalue weighted by Gasteiger charge is -2.10. The van der Waals surface area contributed by atoms with Crippen LogP contribution in [0.1, 0.15) is 10.4 Å². The molecule has 0 radical (unpaired) electrons. The van der Waals surface area contributed by atoms with Crippen LogP contribution < -0.4 is 9.47 Å². The molecule has 0 saturated carbocycles. The van der Waals surface area contributed by atoms with E-state index in [1.165, 1.54) is 18.2 Å². The Morgan fingerprint density at radius 3 is 2.29 bits per heavy atom. The molecule has 6 heteroatoms. The summed E-state index contributed by atoms with van der Waals surface area (Å²) in [6.07, 6.45) is 0. The van der Waals surface area contributed by atoms with Crippen LogP contribution in [0.15, 0.2) is 42.5 Å². The van der Waals surface area contributed by atoms with Gasteiger partial charge in [0.1, 0.15) is 24.7 Å². The first-order valence-electron chi connectivity index (χ1n) is 6.10. The summed E-state index contributed by atoms with van der Waals surface area (Å²) in [6, 6.07) is 11.3. The van der Waals surface area contributed by atoms with Gasteiger partial charge in [0.25, 0.3) is 0 Å². The van der Waals surface area contributed by atoms with E-state index in [-0.39, 0.29) is 17.2 Å². The predicted octanol–water partition coefficient (Wildman–Crippen LogP) is 4.15. The van der Waals surface area contributed by atoms with E-state index in [0.717, 1.165) is 0 Å². The van der Waals surface area contributed by atoms with Gasteiger partial charge in [0.15, 0.2) is 0 Å². The molecule has 0 spiro atoms. The fourth-order valence-electron chi connectivity index (χ4n) is 1.59. The number of rotatable bonds is 6. The van der Waals surface area contributed by atoms with E-state index in [2.05, 4.69) is 0 Å². The van der Waals surface area contributed by atoms with E-state index >= 15 is 0 Å². The quantitative estimate of drug-likeness (QED) is 0.810. The fourth-order valence-corrected chi connectivity index (χ4v) is 1.95. The molecule has 0 saturated heterocycles. The van der Waals surface area contributed by atoms with Crippen molar-refractivity contribution in [3.05, 3.63) is 58.1 Å². The van der Waals surface area contributed by atoms with Gasteiger partial charge in [0.05, 0.1) is 10.6 Å². The number of aromatic carboxylic acids is 1. The van der Waals surface area contributed by atoms with Crippen molar-refractivity contribution in [3.63, 3.8) is 0 Å². The Balaban J connectivity index is 1.83. The van der Waals surface area contributed by atoms with Crippen molar-refractivity contribution in [3.8, 4) is 11.5 Å². The van der Waals surface area contributed by atoms with Crippen LogP contribution in [0.4, 0.5) is 0 Å². The largest absolute Gasteiger partial charge is 0.490 e. The minimum Gasteiger partial charge on any atom is -0.490 e. The molecule has 2 aromatic carbocycles. The van der Waals surface area contributed by atoms with Crippen LogP contribution in [0.2, 0.25) is 10.0 Å². The van der Waals surface area contributed by atoms with Crippen molar-refractivity contribution in [2.45, 2.75) is 0 Å². The number of hydrogen-bond donors (Lipinski definition) is 1. The summed E-state index contributed by atoms with van der Waals surface area (Å²) < 4.78 is 10.9. The van der Waals surface area contributed by atoms with Gasteiger partial charge < -0.3 is 14.6 Å². The van der Waals surface area contributed by atoms with Crippen LogP contribution >= 0.6 is 23.2 Å². The van der Waals surface area contributed by atoms with Crippen LogP contribution in [0.25, 0.3) is 0 Å². The van der Waals surface area contributed by atoms with Gasteiger partial charge in [-0.1, -0.05) is 23.2 Å². The van der Waals surface area contributed by atoms with Gasteiger partial charge in [-0.2, -0.15) is 0 Å². The van der Waals surface area contributed by atoms with E-state index in [0.29, 0.717) is 23.1 Å². The van der Waals surface area contributed by atoms with Gasteiger partial charge in [-0.05, 0) is 42.5 Å². The summed E-state index contributed by atoms with van der Waals surface area (Å²) in [5.74, 6) is 0.0752. The minimum absolute atomic E-state index is 0.116. The monoisotopic (exact) mass is 326 g/mol. The lowest BCUT2D eigenvalue weighted by atomic mass is 10.2. The molecule has 0 aliphatic heterocycles. The number of carbonyl (C=O) groups is 1. The van der Waals surface area contributed by atoms with Gasteiger partial charge in [-0.25, -0.2) is 4.79 Å². The van der Waals surface area contributed by atoms with Crippen molar-refractivity contribution in [2.24, 2.45) is 0 Å². The predicted molar refractivity (Wildman–Crippen MR) is 80.9 cm³/mol. The lowest BCUT2D eigenvalue weighted by Crippen LogP contribution is -2.09. The Morgan fingerprint density at radius 2 is 1.67 bits per heavy atom. The Labute approximate surface area is 131 Å². The van der Waals surface area contributed by atoms with Crippen LogP contribution in [0.3, 0.4) is 0 Å². The van der Waals surface area contributed by atoms with E-state index in [1.807, 2.05) is 0 Å². The average Bonchev–Trinajstić information content (AvgIpc) is 2.46. The molecule has 110 valence electrons. The van der Waals surface area contributed by atoms with Crippen molar-refractivity contribution < 1.29 is 19.4 Å². The number of hydrogen-bond acceptors (Lipinski definition) is 3. The molecular formula is C15H12Cl2O4. The molecule has 0 fully saturated rings. The molecule has 4 nitrogen and oxygen atoms in total. The molecule has 2 aromatic rings. The number of benzene rings is 2. The van der Waals surface area contributed by atoms with Crippen LogP contribution in [0.5, 0.6) is 11.5 Å². The van der Waals surface area contributed by atoms with E-state index in [1.54, 1.807) is 24.3 Å². The summed E-state index contributed by atoms with van der Waals surface area (Å²) in [5, 5.41) is 9.72. The number of ether oxygens (including phenoxy) is 2. The highest BCUT2D eigenvalue weighted by Gasteiger charge is 2.07. The second-order valence-corrected chi connectivity index (χ2v) is 4.94. The molecule has 0 aliphatic rings. The highest BCUT2D eigenvalue weighted by molar-refractivity contribution is 6.32. The van der Waals surface area contributed by atoms with E-state index in [4.69, 9.17) is 37.8 Å². The van der Waals surface area contributed by atoms with E-state index < -0.39 is 5.97 Å². The second-order valence-electron chi connectivity index (χ2n) is 4.10. The van der Waals surface area contributed by atoms with Gasteiger partial charge in [0.2, 0.25) is 0 Å². The lowest BCUT2D eigenvalue weighted by molar-refractivity contribution is 0.0697. The normalized spacial score (nSPS) is 10.2. The molecule has 0 amide bonds. The highest BCUT2D eigenvalue weighted by atomic mass is 35.5. The average molecular weight is 327 g/mol. The van der Waals surface area contributed by atoms with Crippen molar-refractivity contribution in [2.75, 3.05) is 13.2 Å². The molecule has 2 rings (SSSR count). The van der Waals surface area contributed by atoms with Gasteiger partial charge >= 0.3 is 5.97 Å². The molecule has 1 N–H and O–H groups in total. The highest BCUT2D eigenvalue weighted by Crippen LogP contribution is 2.25. The molecule has 0 unspecified atom stereocenters. The minimum atomic E-state index is -1.03. The van der Waals surface area contributed by atoms with Crippen LogP contribution in [-0.2, 0) is 0 Å². The maximum absolute atomic E-state index is 10.8. The molecule has 0 aliphatic carbocycles.